The molecule has 2 amide bonds. The Kier molecular flexibility index (Phi) is 6.71. The van der Waals surface area contributed by atoms with Crippen molar-refractivity contribution in [1.29, 1.82) is 0 Å². The van der Waals surface area contributed by atoms with Crippen LogP contribution in [0.15, 0.2) is 24.3 Å². The lowest BCUT2D eigenvalue weighted by molar-refractivity contribution is 0.146. The first-order valence-corrected chi connectivity index (χ1v) is 8.64. The molecule has 0 bridgehead atoms. The second-order valence-corrected chi connectivity index (χ2v) is 6.28. The van der Waals surface area contributed by atoms with Crippen LogP contribution in [0.1, 0.15) is 33.6 Å². The minimum absolute atomic E-state index is 0.0417. The molecule has 0 unspecified atom stereocenters. The Morgan fingerprint density at radius 3 is 2.57 bits per heavy atom. The highest BCUT2D eigenvalue weighted by atomic mass is 16.5. The molecule has 0 saturated carbocycles. The molecule has 0 aliphatic carbocycles. The monoisotopic (exact) mass is 319 g/mol. The van der Waals surface area contributed by atoms with Crippen molar-refractivity contribution < 1.29 is 9.53 Å². The lowest BCUT2D eigenvalue weighted by Gasteiger charge is -2.34. The zero-order valence-electron chi connectivity index (χ0n) is 14.5. The number of rotatable bonds is 6. The molecule has 5 nitrogen and oxygen atoms in total. The van der Waals surface area contributed by atoms with Crippen LogP contribution in [0.2, 0.25) is 0 Å². The third-order valence-electron chi connectivity index (χ3n) is 3.98. The van der Waals surface area contributed by atoms with Gasteiger partial charge in [0.25, 0.3) is 0 Å². The average molecular weight is 319 g/mol. The van der Waals surface area contributed by atoms with Crippen LogP contribution in [-0.2, 0) is 0 Å². The van der Waals surface area contributed by atoms with Crippen LogP contribution in [-0.4, -0.2) is 54.7 Å². The number of anilines is 1. The van der Waals surface area contributed by atoms with E-state index in [-0.39, 0.29) is 12.1 Å². The molecule has 1 aromatic carbocycles. The normalized spacial score (nSPS) is 15.7. The highest BCUT2D eigenvalue weighted by Crippen LogP contribution is 2.25. The van der Waals surface area contributed by atoms with Gasteiger partial charge in [-0.15, -0.1) is 0 Å². The average Bonchev–Trinajstić information content (AvgIpc) is 2.54. The molecule has 1 fully saturated rings. The zero-order valence-corrected chi connectivity index (χ0v) is 14.5. The number of nitrogens with zero attached hydrogens (tertiary/aromatic N) is 2. The fourth-order valence-corrected chi connectivity index (χ4v) is 2.68. The van der Waals surface area contributed by atoms with E-state index in [1.165, 1.54) is 12.8 Å². The molecule has 23 heavy (non-hydrogen) atoms. The van der Waals surface area contributed by atoms with Gasteiger partial charge >= 0.3 is 6.03 Å². The maximum atomic E-state index is 12.5. The van der Waals surface area contributed by atoms with Crippen molar-refractivity contribution in [3.8, 4) is 5.75 Å². The summed E-state index contributed by atoms with van der Waals surface area (Å²) in [6.45, 7) is 10.8. The van der Waals surface area contributed by atoms with Crippen LogP contribution in [0, 0.1) is 0 Å². The summed E-state index contributed by atoms with van der Waals surface area (Å²) in [6, 6.07) is 7.55. The molecule has 1 aliphatic rings. The number of para-hydroxylation sites is 2. The Morgan fingerprint density at radius 2 is 1.91 bits per heavy atom. The Bertz CT molecular complexity index is 497. The predicted molar refractivity (Wildman–Crippen MR) is 94.1 cm³/mol. The number of benzene rings is 1. The quantitative estimate of drug-likeness (QED) is 0.874. The summed E-state index contributed by atoms with van der Waals surface area (Å²) in [5.41, 5.74) is 0.736. The van der Waals surface area contributed by atoms with E-state index in [0.29, 0.717) is 0 Å². The summed E-state index contributed by atoms with van der Waals surface area (Å²) in [5, 5.41) is 2.99. The van der Waals surface area contributed by atoms with Crippen LogP contribution < -0.4 is 10.1 Å². The van der Waals surface area contributed by atoms with E-state index in [0.717, 1.165) is 44.2 Å². The van der Waals surface area contributed by atoms with Gasteiger partial charge in [0.15, 0.2) is 0 Å². The van der Waals surface area contributed by atoms with Crippen molar-refractivity contribution >= 4 is 11.7 Å². The summed E-state index contributed by atoms with van der Waals surface area (Å²) < 4.78 is 5.75. The number of carbonyl (C=O) groups is 1. The van der Waals surface area contributed by atoms with E-state index in [1.807, 2.05) is 43.0 Å². The Hall–Kier alpha value is -1.75. The minimum Gasteiger partial charge on any atom is -0.489 e. The van der Waals surface area contributed by atoms with Gasteiger partial charge in [-0.1, -0.05) is 25.5 Å². The number of carbonyl (C=O) groups excluding carboxylic acids is 1. The number of piperazine rings is 1. The first-order chi connectivity index (χ1) is 11.1. The van der Waals surface area contributed by atoms with Gasteiger partial charge in [-0.2, -0.15) is 0 Å². The topological polar surface area (TPSA) is 44.8 Å². The summed E-state index contributed by atoms with van der Waals surface area (Å²) in [6.07, 6.45) is 2.52. The molecule has 0 atom stereocenters. The number of ether oxygens (including phenoxy) is 1. The molecule has 128 valence electrons. The number of hydrogen-bond acceptors (Lipinski definition) is 3. The Balaban J connectivity index is 1.88. The summed E-state index contributed by atoms with van der Waals surface area (Å²) in [5.74, 6) is 0.720. The van der Waals surface area contributed by atoms with Crippen LogP contribution in [0.25, 0.3) is 0 Å². The maximum absolute atomic E-state index is 12.5. The molecule has 1 heterocycles. The number of unbranched alkanes of at least 4 members (excludes halogenated alkanes) is 1. The summed E-state index contributed by atoms with van der Waals surface area (Å²) in [7, 11) is 0. The molecular weight excluding hydrogens is 290 g/mol. The van der Waals surface area contributed by atoms with Gasteiger partial charge in [-0.3, -0.25) is 4.90 Å². The van der Waals surface area contributed by atoms with E-state index >= 15 is 0 Å². The summed E-state index contributed by atoms with van der Waals surface area (Å²) in [4.78, 5) is 16.8. The smallest absolute Gasteiger partial charge is 0.322 e. The fourth-order valence-electron chi connectivity index (χ4n) is 2.68. The molecule has 1 N–H and O–H groups in total. The van der Waals surface area contributed by atoms with Gasteiger partial charge in [-0.05, 0) is 38.9 Å². The van der Waals surface area contributed by atoms with Crippen LogP contribution in [0.5, 0.6) is 5.75 Å². The molecule has 0 aromatic heterocycles. The second kappa shape index (κ2) is 8.77. The first kappa shape index (κ1) is 17.6. The molecular formula is C18H29N3O2. The highest BCUT2D eigenvalue weighted by molar-refractivity contribution is 5.91. The number of hydrogen-bond donors (Lipinski definition) is 1. The Morgan fingerprint density at radius 1 is 1.22 bits per heavy atom. The predicted octanol–water partition coefficient (Wildman–Crippen LogP) is 3.42. The molecule has 1 aromatic rings. The third kappa shape index (κ3) is 5.43. The van der Waals surface area contributed by atoms with E-state index in [4.69, 9.17) is 4.74 Å². The van der Waals surface area contributed by atoms with E-state index in [1.54, 1.807) is 0 Å². The van der Waals surface area contributed by atoms with Gasteiger partial charge < -0.3 is 15.0 Å². The molecule has 0 radical (unpaired) electrons. The lowest BCUT2D eigenvalue weighted by Crippen LogP contribution is -2.50. The highest BCUT2D eigenvalue weighted by Gasteiger charge is 2.21. The van der Waals surface area contributed by atoms with Crippen molar-refractivity contribution in [2.45, 2.75) is 39.7 Å². The first-order valence-electron chi connectivity index (χ1n) is 8.64. The second-order valence-electron chi connectivity index (χ2n) is 6.28. The van der Waals surface area contributed by atoms with Crippen LogP contribution in [0.4, 0.5) is 10.5 Å². The number of amides is 2. The SMILES string of the molecule is CCCCN1CCN(C(=O)Nc2ccccc2OC(C)C)CC1. The molecule has 0 spiro atoms. The van der Waals surface area contributed by atoms with Crippen molar-refractivity contribution in [2.24, 2.45) is 0 Å². The molecule has 1 aliphatic heterocycles. The molecule has 2 rings (SSSR count). The van der Waals surface area contributed by atoms with Gasteiger partial charge in [0.05, 0.1) is 11.8 Å². The number of urea groups is 1. The van der Waals surface area contributed by atoms with Crippen LogP contribution in [0.3, 0.4) is 0 Å². The molecule has 1 saturated heterocycles. The van der Waals surface area contributed by atoms with E-state index < -0.39 is 0 Å². The number of nitrogens with one attached hydrogen (secondary N) is 1. The Labute approximate surface area is 139 Å². The van der Waals surface area contributed by atoms with Gasteiger partial charge in [0.2, 0.25) is 0 Å². The lowest BCUT2D eigenvalue weighted by atomic mass is 10.2. The van der Waals surface area contributed by atoms with Crippen molar-refractivity contribution in [3.05, 3.63) is 24.3 Å². The molecule has 5 heteroatoms. The van der Waals surface area contributed by atoms with E-state index in [2.05, 4.69) is 17.1 Å². The summed E-state index contributed by atoms with van der Waals surface area (Å²) >= 11 is 0. The van der Waals surface area contributed by atoms with Crippen LogP contribution >= 0.6 is 0 Å². The zero-order chi connectivity index (χ0) is 16.7. The van der Waals surface area contributed by atoms with Gasteiger partial charge in [-0.25, -0.2) is 4.79 Å². The minimum atomic E-state index is -0.0417. The van der Waals surface area contributed by atoms with E-state index in [9.17, 15) is 4.79 Å². The van der Waals surface area contributed by atoms with Crippen molar-refractivity contribution in [3.63, 3.8) is 0 Å². The third-order valence-corrected chi connectivity index (χ3v) is 3.98. The van der Waals surface area contributed by atoms with Crippen molar-refractivity contribution in [1.82, 2.24) is 9.80 Å². The fraction of sp³-hybridized carbons (Fsp3) is 0.611. The van der Waals surface area contributed by atoms with Gasteiger partial charge in [0.1, 0.15) is 5.75 Å². The maximum Gasteiger partial charge on any atom is 0.322 e. The van der Waals surface area contributed by atoms with Gasteiger partial charge in [0, 0.05) is 26.2 Å². The largest absolute Gasteiger partial charge is 0.489 e. The van der Waals surface area contributed by atoms with Crippen molar-refractivity contribution in [2.75, 3.05) is 38.0 Å². The standard InChI is InChI=1S/C18H29N3O2/c1-4-5-10-20-11-13-21(14-12-20)18(22)19-16-8-6-7-9-17(16)23-15(2)3/h6-9,15H,4-5,10-14H2,1-3H3,(H,19,22).